The predicted octanol–water partition coefficient (Wildman–Crippen LogP) is 2.47. The number of nitrogens with zero attached hydrogens (tertiary/aromatic N) is 3. The Kier molecular flexibility index (Phi) is 4.51. The van der Waals surface area contributed by atoms with Crippen LogP contribution in [0, 0.1) is 5.92 Å². The lowest BCUT2D eigenvalue weighted by atomic mass is 9.86. The highest BCUT2D eigenvalue weighted by atomic mass is 31.2. The fourth-order valence-corrected chi connectivity index (χ4v) is 5.14. The zero-order valence-electron chi connectivity index (χ0n) is 14.7. The third-order valence-electron chi connectivity index (χ3n) is 5.78. The molecule has 2 N–H and O–H groups in total. The lowest BCUT2D eigenvalue weighted by molar-refractivity contribution is 0.311. The summed E-state index contributed by atoms with van der Waals surface area (Å²) in [6, 6.07) is 7.40. The van der Waals surface area contributed by atoms with E-state index in [0.717, 1.165) is 32.1 Å². The summed E-state index contributed by atoms with van der Waals surface area (Å²) in [6.45, 7) is 2.14. The lowest BCUT2D eigenvalue weighted by Gasteiger charge is -2.35. The van der Waals surface area contributed by atoms with Gasteiger partial charge < -0.3 is 19.7 Å². The smallest absolute Gasteiger partial charge is 0.380 e. The average molecular weight is 376 g/mol. The van der Waals surface area contributed by atoms with Crippen LogP contribution in [0.4, 0.5) is 0 Å². The monoisotopic (exact) mass is 376 g/mol. The normalized spacial score (nSPS) is 29.5. The molecule has 4 rings (SSSR count). The van der Waals surface area contributed by atoms with Gasteiger partial charge in [0.15, 0.2) is 0 Å². The van der Waals surface area contributed by atoms with Crippen molar-refractivity contribution in [1.82, 2.24) is 9.55 Å². The molecule has 2 saturated heterocycles. The fourth-order valence-electron chi connectivity index (χ4n) is 4.54. The molecule has 2 aliphatic rings. The van der Waals surface area contributed by atoms with E-state index < -0.39 is 18.6 Å². The lowest BCUT2D eigenvalue weighted by Crippen LogP contribution is -2.39. The molecular weight excluding hydrogens is 353 g/mol. The maximum Gasteiger partial charge on any atom is 0.380 e. The minimum absolute atomic E-state index is 0.121. The Bertz CT molecular complexity index is 938. The fraction of sp³-hybridized carbons (Fsp3) is 0.556. The third-order valence-corrected chi connectivity index (χ3v) is 6.62. The maximum absolute atomic E-state index is 13.0. The van der Waals surface area contributed by atoms with Crippen LogP contribution in [0.15, 0.2) is 29.1 Å². The van der Waals surface area contributed by atoms with Crippen LogP contribution in [0.3, 0.4) is 0 Å². The first kappa shape index (κ1) is 17.9. The Balaban J connectivity index is 1.92. The van der Waals surface area contributed by atoms with Crippen molar-refractivity contribution >= 4 is 24.1 Å². The number of aromatic nitrogens is 2. The molecule has 4 atom stereocenters. The van der Waals surface area contributed by atoms with Crippen LogP contribution in [-0.2, 0) is 4.57 Å². The average Bonchev–Trinajstić information content (AvgIpc) is 2.82. The van der Waals surface area contributed by atoms with Crippen LogP contribution in [0.25, 0.3) is 16.4 Å². The van der Waals surface area contributed by atoms with Crippen molar-refractivity contribution in [3.05, 3.63) is 39.9 Å². The van der Waals surface area contributed by atoms with Crippen LogP contribution in [-0.4, -0.2) is 31.4 Å². The van der Waals surface area contributed by atoms with Gasteiger partial charge in [-0.05, 0) is 25.0 Å². The molecule has 2 fully saturated rings. The van der Waals surface area contributed by atoms with E-state index >= 15 is 0 Å². The first-order valence-electron chi connectivity index (χ1n) is 9.12. The molecule has 0 aliphatic carbocycles. The number of benzene rings is 1. The molecule has 1 aromatic heterocycles. The summed E-state index contributed by atoms with van der Waals surface area (Å²) in [7, 11) is -4.75. The summed E-state index contributed by atoms with van der Waals surface area (Å²) in [5, 5.41) is 4.91. The quantitative estimate of drug-likeness (QED) is 0.783. The number of hydrogen-bond acceptors (Lipinski definition) is 3. The van der Waals surface area contributed by atoms with E-state index in [1.165, 1.54) is 0 Å². The number of rotatable bonds is 2. The first-order valence-corrected chi connectivity index (χ1v) is 10.7. The molecule has 0 unspecified atom stereocenters. The Morgan fingerprint density at radius 3 is 2.77 bits per heavy atom. The Labute approximate surface area is 151 Å². The highest BCUT2D eigenvalue weighted by Crippen LogP contribution is 2.42. The summed E-state index contributed by atoms with van der Waals surface area (Å²) in [4.78, 5) is 36.3. The number of fused-ring (bicyclic) bond motifs is 4. The van der Waals surface area contributed by atoms with Gasteiger partial charge in [-0.2, -0.15) is 0 Å². The SMILES string of the molecule is C[C@H]1[N-][C@H]2CCC[C@H]1C[C@H](n1c(=O)c(P(=O)(O)O)nc3ccccc31)C2. The molecule has 2 aromatic rings. The van der Waals surface area contributed by atoms with Crippen molar-refractivity contribution in [3.63, 3.8) is 0 Å². The summed E-state index contributed by atoms with van der Waals surface area (Å²) >= 11 is 0. The Morgan fingerprint density at radius 2 is 2.00 bits per heavy atom. The molecule has 2 aliphatic heterocycles. The second-order valence-electron chi connectivity index (χ2n) is 7.50. The van der Waals surface area contributed by atoms with E-state index in [-0.39, 0.29) is 18.1 Å². The Hall–Kier alpha value is -1.53. The minimum atomic E-state index is -4.75. The van der Waals surface area contributed by atoms with Crippen LogP contribution in [0.2, 0.25) is 0 Å². The molecule has 0 spiro atoms. The van der Waals surface area contributed by atoms with Gasteiger partial charge in [0.05, 0.1) is 11.0 Å². The summed E-state index contributed by atoms with van der Waals surface area (Å²) in [5.41, 5.74) is -0.262. The van der Waals surface area contributed by atoms with Gasteiger partial charge in [-0.1, -0.05) is 44.2 Å². The Morgan fingerprint density at radius 1 is 1.23 bits per heavy atom. The van der Waals surface area contributed by atoms with Gasteiger partial charge in [0.1, 0.15) is 0 Å². The van der Waals surface area contributed by atoms with Crippen molar-refractivity contribution in [3.8, 4) is 0 Å². The summed E-state index contributed by atoms with van der Waals surface area (Å²) in [5.74, 6) is 0.393. The van der Waals surface area contributed by atoms with Gasteiger partial charge in [0, 0.05) is 6.04 Å². The van der Waals surface area contributed by atoms with E-state index in [1.807, 2.05) is 6.07 Å². The van der Waals surface area contributed by atoms with Gasteiger partial charge in [-0.3, -0.25) is 9.36 Å². The van der Waals surface area contributed by atoms with E-state index in [9.17, 15) is 19.1 Å². The zero-order chi connectivity index (χ0) is 18.5. The molecule has 140 valence electrons. The number of para-hydroxylation sites is 2. The third kappa shape index (κ3) is 3.14. The van der Waals surface area contributed by atoms with Gasteiger partial charge in [0.2, 0.25) is 5.44 Å². The predicted molar refractivity (Wildman–Crippen MR) is 99.9 cm³/mol. The van der Waals surface area contributed by atoms with Crippen molar-refractivity contribution in [2.24, 2.45) is 5.92 Å². The van der Waals surface area contributed by atoms with Crippen molar-refractivity contribution in [2.45, 2.75) is 57.2 Å². The second kappa shape index (κ2) is 6.57. The molecule has 7 nitrogen and oxygen atoms in total. The minimum Gasteiger partial charge on any atom is -0.657 e. The molecule has 0 amide bonds. The topological polar surface area (TPSA) is 107 Å². The molecule has 0 saturated carbocycles. The maximum atomic E-state index is 13.0. The van der Waals surface area contributed by atoms with Crippen LogP contribution in [0.1, 0.15) is 45.1 Å². The van der Waals surface area contributed by atoms with Gasteiger partial charge in [-0.25, -0.2) is 4.98 Å². The largest absolute Gasteiger partial charge is 0.657 e. The van der Waals surface area contributed by atoms with E-state index in [1.54, 1.807) is 22.8 Å². The standard InChI is InChI=1S/C18H23N3O4P/c1-11-12-5-4-6-13(19-11)10-14(9-12)21-16-8-3-2-7-15(16)20-17(18(21)22)26(23,24)25/h2-3,7-8,11-14H,4-6,9-10H2,1H3,(H2,23,24,25)/q-1/t11-,12+,13+,14+/m1/s1. The first-order chi connectivity index (χ1) is 12.3. The van der Waals surface area contributed by atoms with Gasteiger partial charge in [-0.15, -0.1) is 12.1 Å². The molecule has 26 heavy (non-hydrogen) atoms. The zero-order valence-corrected chi connectivity index (χ0v) is 15.5. The van der Waals surface area contributed by atoms with Gasteiger partial charge in [0.25, 0.3) is 5.56 Å². The van der Waals surface area contributed by atoms with E-state index in [0.29, 0.717) is 17.0 Å². The van der Waals surface area contributed by atoms with Crippen molar-refractivity contribution in [1.29, 1.82) is 0 Å². The van der Waals surface area contributed by atoms with E-state index in [2.05, 4.69) is 11.9 Å². The number of hydrogen-bond donors (Lipinski definition) is 2. The molecule has 3 heterocycles. The van der Waals surface area contributed by atoms with Crippen molar-refractivity contribution < 1.29 is 14.4 Å². The van der Waals surface area contributed by atoms with E-state index in [4.69, 9.17) is 5.32 Å². The highest BCUT2D eigenvalue weighted by molar-refractivity contribution is 7.59. The van der Waals surface area contributed by atoms with Crippen LogP contribution >= 0.6 is 7.60 Å². The van der Waals surface area contributed by atoms with Gasteiger partial charge >= 0.3 is 7.60 Å². The van der Waals surface area contributed by atoms with Crippen molar-refractivity contribution in [2.75, 3.05) is 0 Å². The molecule has 1 aromatic carbocycles. The van der Waals surface area contributed by atoms with Crippen LogP contribution in [0.5, 0.6) is 0 Å². The van der Waals surface area contributed by atoms with Crippen LogP contribution < -0.4 is 11.0 Å². The molecule has 0 radical (unpaired) electrons. The highest BCUT2D eigenvalue weighted by Gasteiger charge is 2.32. The molecule has 8 heteroatoms. The summed E-state index contributed by atoms with van der Waals surface area (Å²) < 4.78 is 13.4. The molecular formula is C18H23N3O4P-. The summed E-state index contributed by atoms with van der Waals surface area (Å²) in [6.07, 6.45) is 4.78. The molecule has 2 bridgehead atoms. The second-order valence-corrected chi connectivity index (χ2v) is 9.01.